The molecule has 1 amide bonds. The van der Waals surface area contributed by atoms with E-state index >= 15 is 4.39 Å². The molecule has 6 rings (SSSR count). The Balaban J connectivity index is 1.12. The van der Waals surface area contributed by atoms with Crippen molar-refractivity contribution in [1.29, 1.82) is 5.26 Å². The molecule has 1 saturated carbocycles. The average Bonchev–Trinajstić information content (AvgIpc) is 3.66. The monoisotopic (exact) mass is 538 g/mol. The molecule has 3 saturated heterocycles. The van der Waals surface area contributed by atoms with E-state index in [-0.39, 0.29) is 17.9 Å². The van der Waals surface area contributed by atoms with Crippen LogP contribution in [0.15, 0.2) is 12.4 Å². The van der Waals surface area contributed by atoms with Crippen LogP contribution in [0, 0.1) is 17.2 Å². The summed E-state index contributed by atoms with van der Waals surface area (Å²) in [6.07, 6.45) is 5.95. The number of hydrogen-bond donors (Lipinski definition) is 3. The number of nitriles is 1. The zero-order chi connectivity index (χ0) is 27.1. The molecule has 0 spiro atoms. The fourth-order valence-corrected chi connectivity index (χ4v) is 6.57. The number of piperidine rings is 2. The highest BCUT2D eigenvalue weighted by Crippen LogP contribution is 2.47. The van der Waals surface area contributed by atoms with Gasteiger partial charge >= 0.3 is 0 Å². The van der Waals surface area contributed by atoms with Crippen LogP contribution in [-0.2, 0) is 5.41 Å². The van der Waals surface area contributed by atoms with Crippen molar-refractivity contribution in [3.05, 3.63) is 23.5 Å². The molecule has 4 fully saturated rings. The zero-order valence-electron chi connectivity index (χ0n) is 22.7. The van der Waals surface area contributed by atoms with Crippen LogP contribution >= 0.6 is 0 Å². The van der Waals surface area contributed by atoms with Crippen molar-refractivity contribution >= 4 is 17.4 Å². The van der Waals surface area contributed by atoms with Gasteiger partial charge in [-0.2, -0.15) is 5.26 Å². The summed E-state index contributed by atoms with van der Waals surface area (Å²) in [7, 11) is 2.17. The summed E-state index contributed by atoms with van der Waals surface area (Å²) in [5.41, 5.74) is 6.96. The molecule has 0 aromatic carbocycles. The van der Waals surface area contributed by atoms with Gasteiger partial charge in [0.2, 0.25) is 0 Å². The Labute approximate surface area is 228 Å². The molecule has 1 aliphatic carbocycles. The van der Waals surface area contributed by atoms with Crippen LogP contribution in [0.2, 0.25) is 0 Å². The number of rotatable bonds is 6. The molecule has 2 aromatic rings. The Hall–Kier alpha value is -2.85. The second-order valence-electron chi connectivity index (χ2n) is 11.9. The highest BCUT2D eigenvalue weighted by molar-refractivity contribution is 6.04. The number of nitrogens with two attached hydrogens (primary N) is 1. The third-order valence-corrected chi connectivity index (χ3v) is 9.23. The van der Waals surface area contributed by atoms with Crippen LogP contribution in [-0.4, -0.2) is 119 Å². The predicted octanol–water partition coefficient (Wildman–Crippen LogP) is 0.234. The zero-order valence-corrected chi connectivity index (χ0v) is 22.7. The Morgan fingerprint density at radius 1 is 1.23 bits per heavy atom. The average molecular weight is 539 g/mol. The van der Waals surface area contributed by atoms with Crippen LogP contribution < -0.4 is 16.4 Å². The second kappa shape index (κ2) is 10.6. The fraction of sp³-hybridized carbons (Fsp3) is 0.704. The number of anilines is 1. The van der Waals surface area contributed by atoms with Gasteiger partial charge < -0.3 is 26.2 Å². The van der Waals surface area contributed by atoms with Crippen molar-refractivity contribution in [2.75, 3.05) is 71.7 Å². The Morgan fingerprint density at radius 3 is 2.67 bits per heavy atom. The number of alkyl halides is 1. The van der Waals surface area contributed by atoms with E-state index in [1.54, 1.807) is 12.4 Å². The second-order valence-corrected chi connectivity index (χ2v) is 11.9. The SMILES string of the molecule is CN1CCN(CC2CCN(C3C(F)CNCC3NC(=O)c3c(N)nn4cc(C5(C#N)CC5)cnc34)CC2)CC1. The van der Waals surface area contributed by atoms with Crippen LogP contribution in [0.3, 0.4) is 0 Å². The first-order chi connectivity index (χ1) is 18.9. The summed E-state index contributed by atoms with van der Waals surface area (Å²) < 4.78 is 16.8. The number of carbonyl (C=O) groups excluding carboxylic acids is 1. The van der Waals surface area contributed by atoms with E-state index in [9.17, 15) is 10.1 Å². The lowest BCUT2D eigenvalue weighted by Crippen LogP contribution is -2.65. The number of nitrogens with one attached hydrogen (secondary N) is 2. The van der Waals surface area contributed by atoms with Crippen molar-refractivity contribution in [2.45, 2.75) is 49.4 Å². The molecule has 4 N–H and O–H groups in total. The van der Waals surface area contributed by atoms with Crippen LogP contribution in [0.4, 0.5) is 10.2 Å². The van der Waals surface area contributed by atoms with Crippen molar-refractivity contribution in [2.24, 2.45) is 5.92 Å². The molecule has 5 heterocycles. The first-order valence-electron chi connectivity index (χ1n) is 14.2. The van der Waals surface area contributed by atoms with E-state index in [0.29, 0.717) is 18.1 Å². The molecule has 3 atom stereocenters. The number of amides is 1. The quantitative estimate of drug-likeness (QED) is 0.473. The summed E-state index contributed by atoms with van der Waals surface area (Å²) in [6, 6.07) is 1.55. The van der Waals surface area contributed by atoms with Crippen molar-refractivity contribution in [1.82, 2.24) is 39.9 Å². The molecule has 0 bridgehead atoms. The van der Waals surface area contributed by atoms with E-state index in [2.05, 4.69) is 48.5 Å². The van der Waals surface area contributed by atoms with Gasteiger partial charge in [0.1, 0.15) is 11.7 Å². The molecule has 210 valence electrons. The first kappa shape index (κ1) is 26.4. The Bertz CT molecular complexity index is 1240. The summed E-state index contributed by atoms with van der Waals surface area (Å²) >= 11 is 0. The maximum absolute atomic E-state index is 15.4. The number of piperazine rings is 1. The highest BCUT2D eigenvalue weighted by Gasteiger charge is 2.46. The van der Waals surface area contributed by atoms with Gasteiger partial charge in [0.15, 0.2) is 11.5 Å². The molecule has 12 heteroatoms. The molecule has 4 aliphatic rings. The number of halogens is 1. The van der Waals surface area contributed by atoms with Gasteiger partial charge in [-0.25, -0.2) is 13.9 Å². The molecule has 0 radical (unpaired) electrons. The third-order valence-electron chi connectivity index (χ3n) is 9.23. The minimum Gasteiger partial charge on any atom is -0.381 e. The number of likely N-dealkylation sites (tertiary alicyclic amines) is 1. The topological polar surface area (TPSA) is 131 Å². The molecular weight excluding hydrogens is 499 g/mol. The normalized spacial score (nSPS) is 28.8. The van der Waals surface area contributed by atoms with Gasteiger partial charge in [-0.3, -0.25) is 9.69 Å². The summed E-state index contributed by atoms with van der Waals surface area (Å²) in [5, 5.41) is 20.0. The Kier molecular flexibility index (Phi) is 7.18. The first-order valence-corrected chi connectivity index (χ1v) is 14.2. The van der Waals surface area contributed by atoms with E-state index in [1.807, 2.05) is 0 Å². The highest BCUT2D eigenvalue weighted by atomic mass is 19.1. The minimum atomic E-state index is -1.08. The molecule has 39 heavy (non-hydrogen) atoms. The Morgan fingerprint density at radius 2 is 1.97 bits per heavy atom. The lowest BCUT2D eigenvalue weighted by atomic mass is 9.90. The standard InChI is InChI=1S/C27H39FN10O/c1-35-8-10-36(11-9-35)15-18-2-6-37(7-3-18)23-20(28)13-31-14-21(23)33-26(39)22-24(30)34-38-16-19(12-32-25(22)38)27(17-29)4-5-27/h12,16,18,20-21,23,31H,2-11,13-15H2,1H3,(H2,30,34)(H,33,39). The smallest absolute Gasteiger partial charge is 0.259 e. The third kappa shape index (κ3) is 5.20. The number of fused-ring (bicyclic) bond motifs is 1. The molecule has 3 aliphatic heterocycles. The van der Waals surface area contributed by atoms with Gasteiger partial charge in [-0.15, -0.1) is 5.10 Å². The lowest BCUT2D eigenvalue weighted by Gasteiger charge is -2.45. The molecule has 3 unspecified atom stereocenters. The molecule has 2 aromatic heterocycles. The number of nitrogens with zero attached hydrogens (tertiary/aromatic N) is 7. The van der Waals surface area contributed by atoms with Gasteiger partial charge in [-0.05, 0) is 51.7 Å². The largest absolute Gasteiger partial charge is 0.381 e. The number of hydrogen-bond acceptors (Lipinski definition) is 9. The lowest BCUT2D eigenvalue weighted by molar-refractivity contribution is 0.0263. The minimum absolute atomic E-state index is 0.0702. The number of carbonyl (C=O) groups is 1. The van der Waals surface area contributed by atoms with E-state index in [1.165, 1.54) is 4.52 Å². The summed E-state index contributed by atoms with van der Waals surface area (Å²) in [6.45, 7) is 8.02. The summed E-state index contributed by atoms with van der Waals surface area (Å²) in [5.74, 6) is 0.295. The van der Waals surface area contributed by atoms with E-state index < -0.39 is 29.6 Å². The number of nitrogen functional groups attached to an aromatic ring is 1. The van der Waals surface area contributed by atoms with Crippen LogP contribution in [0.25, 0.3) is 5.65 Å². The fourth-order valence-electron chi connectivity index (χ4n) is 6.57. The van der Waals surface area contributed by atoms with Crippen molar-refractivity contribution in [3.63, 3.8) is 0 Å². The van der Waals surface area contributed by atoms with Crippen molar-refractivity contribution in [3.8, 4) is 6.07 Å². The number of likely N-dealkylation sites (N-methyl/N-ethyl adjacent to an activating group) is 1. The van der Waals surface area contributed by atoms with Crippen molar-refractivity contribution < 1.29 is 9.18 Å². The van der Waals surface area contributed by atoms with Crippen LogP contribution in [0.1, 0.15) is 41.6 Å². The maximum Gasteiger partial charge on any atom is 0.259 e. The summed E-state index contributed by atoms with van der Waals surface area (Å²) in [4.78, 5) is 25.1. The van der Waals surface area contributed by atoms with Gasteiger partial charge in [0, 0.05) is 63.8 Å². The van der Waals surface area contributed by atoms with E-state index in [4.69, 9.17) is 5.73 Å². The predicted molar refractivity (Wildman–Crippen MR) is 145 cm³/mol. The van der Waals surface area contributed by atoms with Gasteiger partial charge in [0.05, 0.1) is 23.6 Å². The number of aromatic nitrogens is 3. The van der Waals surface area contributed by atoms with E-state index in [0.717, 1.165) is 77.1 Å². The molecular formula is C27H39FN10O. The van der Waals surface area contributed by atoms with Gasteiger partial charge in [0.25, 0.3) is 5.91 Å². The maximum atomic E-state index is 15.4. The molecule has 11 nitrogen and oxygen atoms in total. The van der Waals surface area contributed by atoms with Gasteiger partial charge in [-0.1, -0.05) is 0 Å². The van der Waals surface area contributed by atoms with Crippen LogP contribution in [0.5, 0.6) is 0 Å².